The van der Waals surface area contributed by atoms with Crippen LogP contribution in [0.4, 0.5) is 17.1 Å². The molecule has 2 aliphatic rings. The fraction of sp³-hybridized carbons (Fsp3) is 0.208. The number of aromatic nitrogens is 1. The predicted molar refractivity (Wildman–Crippen MR) is 234 cm³/mol. The third kappa shape index (κ3) is 5.14. The maximum atomic E-state index is 2.51. The summed E-state index contributed by atoms with van der Waals surface area (Å²) in [5.74, 6) is 0. The fourth-order valence-corrected chi connectivity index (χ4v) is 9.88. The summed E-state index contributed by atoms with van der Waals surface area (Å²) in [5.41, 5.74) is 18.1. The van der Waals surface area contributed by atoms with Crippen LogP contribution in [0.5, 0.6) is 0 Å². The van der Waals surface area contributed by atoms with E-state index in [1.807, 2.05) is 0 Å². The van der Waals surface area contributed by atoms with Gasteiger partial charge in [-0.15, -0.1) is 0 Å². The summed E-state index contributed by atoms with van der Waals surface area (Å²) in [6.07, 6.45) is 2.39. The predicted octanol–water partition coefficient (Wildman–Crippen LogP) is 14.6. The van der Waals surface area contributed by atoms with Crippen molar-refractivity contribution in [1.82, 2.24) is 4.57 Å². The molecule has 0 spiro atoms. The number of nitrogens with zero attached hydrogens (tertiary/aromatic N) is 2. The first-order chi connectivity index (χ1) is 26.5. The summed E-state index contributed by atoms with van der Waals surface area (Å²) in [5, 5.41) is 2.54. The minimum absolute atomic E-state index is 0.113. The van der Waals surface area contributed by atoms with Crippen LogP contribution < -0.4 is 4.90 Å². The van der Waals surface area contributed by atoms with Crippen LogP contribution in [0.25, 0.3) is 49.7 Å². The Hall–Kier alpha value is -5.86. The molecule has 0 bridgehead atoms. The lowest BCUT2D eigenvalue weighted by Gasteiger charge is -2.42. The normalized spacial score (nSPS) is 16.1. The number of benzene rings is 7. The molecule has 270 valence electrons. The van der Waals surface area contributed by atoms with Crippen molar-refractivity contribution < 1.29 is 0 Å². The smallest absolute Gasteiger partial charge is 0.0561 e. The molecule has 10 rings (SSSR count). The molecule has 0 amide bonds. The fourth-order valence-electron chi connectivity index (χ4n) is 9.88. The Morgan fingerprint density at radius 2 is 1.05 bits per heavy atom. The van der Waals surface area contributed by atoms with Gasteiger partial charge in [0.15, 0.2) is 0 Å². The van der Waals surface area contributed by atoms with Gasteiger partial charge >= 0.3 is 0 Å². The molecule has 8 aromatic rings. The number of hydrogen-bond acceptors (Lipinski definition) is 1. The molecule has 0 saturated heterocycles. The lowest BCUT2D eigenvalue weighted by atomic mass is 9.63. The van der Waals surface area contributed by atoms with Crippen molar-refractivity contribution in [3.63, 3.8) is 0 Å². The van der Waals surface area contributed by atoms with Gasteiger partial charge in [0.1, 0.15) is 0 Å². The van der Waals surface area contributed by atoms with E-state index in [9.17, 15) is 0 Å². The van der Waals surface area contributed by atoms with E-state index in [1.165, 1.54) is 84.8 Å². The van der Waals surface area contributed by atoms with Crippen molar-refractivity contribution in [1.29, 1.82) is 0 Å². The Labute approximate surface area is 325 Å². The van der Waals surface area contributed by atoms with E-state index in [4.69, 9.17) is 0 Å². The van der Waals surface area contributed by atoms with Crippen LogP contribution >= 0.6 is 0 Å². The maximum absolute atomic E-state index is 2.51. The molecule has 0 fully saturated rings. The molecule has 2 nitrogen and oxygen atoms in total. The second-order valence-electron chi connectivity index (χ2n) is 17.7. The van der Waals surface area contributed by atoms with Crippen LogP contribution in [0.3, 0.4) is 0 Å². The largest absolute Gasteiger partial charge is 0.310 e. The van der Waals surface area contributed by atoms with E-state index < -0.39 is 0 Å². The Morgan fingerprint density at radius 1 is 0.436 bits per heavy atom. The molecule has 0 atom stereocenters. The molecule has 7 aromatic carbocycles. The Bertz CT molecular complexity index is 2790. The topological polar surface area (TPSA) is 8.17 Å². The van der Waals surface area contributed by atoms with Crippen LogP contribution in [0.15, 0.2) is 158 Å². The van der Waals surface area contributed by atoms with E-state index in [0.29, 0.717) is 0 Å². The minimum atomic E-state index is -0.113. The molecule has 0 unspecified atom stereocenters. The number of para-hydroxylation sites is 2. The van der Waals surface area contributed by atoms with Gasteiger partial charge in [0.05, 0.1) is 16.7 Å². The van der Waals surface area contributed by atoms with Gasteiger partial charge in [-0.3, -0.25) is 0 Å². The van der Waals surface area contributed by atoms with Crippen molar-refractivity contribution in [3.05, 3.63) is 180 Å². The van der Waals surface area contributed by atoms with Crippen molar-refractivity contribution >= 4 is 38.9 Å². The van der Waals surface area contributed by atoms with Gasteiger partial charge < -0.3 is 9.47 Å². The molecule has 2 aliphatic carbocycles. The number of fused-ring (bicyclic) bond motifs is 7. The highest BCUT2D eigenvalue weighted by Crippen LogP contribution is 2.52. The molecule has 55 heavy (non-hydrogen) atoms. The average Bonchev–Trinajstić information content (AvgIpc) is 3.65. The Kier molecular flexibility index (Phi) is 7.39. The molecule has 0 radical (unpaired) electrons. The van der Waals surface area contributed by atoms with Gasteiger partial charge in [-0.05, 0) is 111 Å². The SMILES string of the molecule is CC1(C)CCC(C)(C)c2cc(-n3c4ccccc4c4ccc(N(c5ccc6c(c5)C(C)(C)c5ccccc5-6)c5ccccc5-c5ccccc5)cc43)ccc21. The van der Waals surface area contributed by atoms with E-state index in [2.05, 4.69) is 209 Å². The highest BCUT2D eigenvalue weighted by atomic mass is 15.1. The molecule has 0 aliphatic heterocycles. The minimum Gasteiger partial charge on any atom is -0.310 e. The molecular weight excluding hydrogens is 665 g/mol. The lowest BCUT2D eigenvalue weighted by molar-refractivity contribution is 0.332. The monoisotopic (exact) mass is 712 g/mol. The van der Waals surface area contributed by atoms with Crippen molar-refractivity contribution in [2.75, 3.05) is 4.90 Å². The van der Waals surface area contributed by atoms with Crippen LogP contribution in [-0.2, 0) is 16.2 Å². The van der Waals surface area contributed by atoms with Gasteiger partial charge in [0.25, 0.3) is 0 Å². The second-order valence-corrected chi connectivity index (χ2v) is 17.7. The van der Waals surface area contributed by atoms with Gasteiger partial charge in [0, 0.05) is 38.8 Å². The summed E-state index contributed by atoms with van der Waals surface area (Å²) >= 11 is 0. The summed E-state index contributed by atoms with van der Waals surface area (Å²) in [6, 6.07) is 59.0. The van der Waals surface area contributed by atoms with Crippen LogP contribution in [0.1, 0.15) is 76.6 Å². The van der Waals surface area contributed by atoms with E-state index >= 15 is 0 Å². The lowest BCUT2D eigenvalue weighted by Crippen LogP contribution is -2.33. The zero-order valence-corrected chi connectivity index (χ0v) is 32.8. The van der Waals surface area contributed by atoms with E-state index in [0.717, 1.165) is 17.1 Å². The highest BCUT2D eigenvalue weighted by Gasteiger charge is 2.38. The van der Waals surface area contributed by atoms with Crippen molar-refractivity contribution in [2.45, 2.75) is 70.6 Å². The molecule has 1 aromatic heterocycles. The average molecular weight is 713 g/mol. The molecule has 2 heteroatoms. The number of hydrogen-bond donors (Lipinski definition) is 0. The standard InChI is InChI=1S/C53H48N2/c1-51(2)30-31-52(3,4)47-33-37(26-29-45(47)51)55-49-23-15-12-20-42(49)43-28-25-38(34-50(43)55)54(48-22-14-11-18-39(48)35-16-8-7-9-17-35)36-24-27-41-40-19-10-13-21-44(40)53(5,6)46(41)32-36/h7-29,32-34H,30-31H2,1-6H3. The van der Waals surface area contributed by atoms with E-state index in [1.54, 1.807) is 0 Å². The maximum Gasteiger partial charge on any atom is 0.0561 e. The van der Waals surface area contributed by atoms with Crippen LogP contribution in [-0.4, -0.2) is 4.57 Å². The second kappa shape index (κ2) is 12.1. The quantitative estimate of drug-likeness (QED) is 0.172. The zero-order valence-electron chi connectivity index (χ0n) is 32.8. The van der Waals surface area contributed by atoms with Gasteiger partial charge in [-0.25, -0.2) is 0 Å². The summed E-state index contributed by atoms with van der Waals surface area (Å²) in [6.45, 7) is 14.4. The Balaban J connectivity index is 1.23. The third-order valence-electron chi connectivity index (χ3n) is 13.1. The van der Waals surface area contributed by atoms with Crippen molar-refractivity contribution in [3.8, 4) is 27.9 Å². The molecular formula is C53H48N2. The first-order valence-corrected chi connectivity index (χ1v) is 19.9. The Morgan fingerprint density at radius 3 is 1.87 bits per heavy atom. The molecule has 0 saturated carbocycles. The number of anilines is 3. The number of rotatable bonds is 5. The summed E-state index contributed by atoms with van der Waals surface area (Å²) < 4.78 is 2.51. The third-order valence-corrected chi connectivity index (χ3v) is 13.1. The summed E-state index contributed by atoms with van der Waals surface area (Å²) in [7, 11) is 0. The molecule has 1 heterocycles. The van der Waals surface area contributed by atoms with Gasteiger partial charge in [-0.1, -0.05) is 151 Å². The molecule has 0 N–H and O–H groups in total. The van der Waals surface area contributed by atoms with Gasteiger partial charge in [0.2, 0.25) is 0 Å². The van der Waals surface area contributed by atoms with E-state index in [-0.39, 0.29) is 16.2 Å². The van der Waals surface area contributed by atoms with Crippen molar-refractivity contribution in [2.24, 2.45) is 0 Å². The zero-order chi connectivity index (χ0) is 37.7. The first-order valence-electron chi connectivity index (χ1n) is 19.9. The van der Waals surface area contributed by atoms with Crippen LogP contribution in [0.2, 0.25) is 0 Å². The van der Waals surface area contributed by atoms with Crippen LogP contribution in [0, 0.1) is 0 Å². The first kappa shape index (κ1) is 33.7. The highest BCUT2D eigenvalue weighted by molar-refractivity contribution is 6.10. The van der Waals surface area contributed by atoms with Gasteiger partial charge in [-0.2, -0.15) is 0 Å². The summed E-state index contributed by atoms with van der Waals surface area (Å²) in [4.78, 5) is 2.49.